The molecule has 3 fully saturated rings. The van der Waals surface area contributed by atoms with E-state index in [2.05, 4.69) is 33.8 Å². The largest absolute Gasteiger partial charge is 0.391 e. The Balaban J connectivity index is 1.44. The number of hydrogen-bond donors (Lipinski definition) is 1. The summed E-state index contributed by atoms with van der Waals surface area (Å²) in [5.74, 6) is 2.26. The highest BCUT2D eigenvalue weighted by Crippen LogP contribution is 2.40. The molecule has 0 aromatic carbocycles. The van der Waals surface area contributed by atoms with Gasteiger partial charge in [0, 0.05) is 25.0 Å². The monoisotopic (exact) mass is 320 g/mol. The molecule has 0 unspecified atom stereocenters. The first-order valence-corrected chi connectivity index (χ1v) is 9.12. The molecule has 23 heavy (non-hydrogen) atoms. The van der Waals surface area contributed by atoms with Crippen molar-refractivity contribution < 1.29 is 9.63 Å². The van der Waals surface area contributed by atoms with Gasteiger partial charge in [0.15, 0.2) is 5.82 Å². The molecule has 3 heterocycles. The van der Waals surface area contributed by atoms with E-state index in [-0.39, 0.29) is 6.10 Å². The summed E-state index contributed by atoms with van der Waals surface area (Å²) in [7, 11) is 0. The van der Waals surface area contributed by atoms with Gasteiger partial charge in [0.2, 0.25) is 0 Å². The first-order valence-electron chi connectivity index (χ1n) is 9.12. The number of likely N-dealkylation sites (tertiary alicyclic amines) is 1. The summed E-state index contributed by atoms with van der Waals surface area (Å²) in [5.41, 5.74) is 0. The lowest BCUT2D eigenvalue weighted by atomic mass is 9.77. The summed E-state index contributed by atoms with van der Waals surface area (Å²) in [6, 6.07) is 1.02. The SMILES string of the molecule is CC(C)c1noc(N2C[C@H]3C[C@@H](N4CCCC4)[C@H](O)C[C@H]3C2)n1. The highest BCUT2D eigenvalue weighted by Gasteiger charge is 2.44. The zero-order valence-corrected chi connectivity index (χ0v) is 14.2. The smallest absolute Gasteiger partial charge is 0.324 e. The Bertz CT molecular complexity index is 540. The Morgan fingerprint density at radius 1 is 1.13 bits per heavy atom. The number of fused-ring (bicyclic) bond motifs is 1. The van der Waals surface area contributed by atoms with Gasteiger partial charge >= 0.3 is 6.01 Å². The van der Waals surface area contributed by atoms with Gasteiger partial charge in [0.1, 0.15) is 0 Å². The van der Waals surface area contributed by atoms with E-state index >= 15 is 0 Å². The van der Waals surface area contributed by atoms with Crippen molar-refractivity contribution >= 4 is 6.01 Å². The summed E-state index contributed by atoms with van der Waals surface area (Å²) < 4.78 is 5.46. The van der Waals surface area contributed by atoms with Crippen molar-refractivity contribution in [2.45, 2.75) is 57.6 Å². The number of rotatable bonds is 3. The Labute approximate surface area is 137 Å². The van der Waals surface area contributed by atoms with E-state index in [1.807, 2.05) is 0 Å². The van der Waals surface area contributed by atoms with Crippen LogP contribution in [-0.4, -0.2) is 58.5 Å². The highest BCUT2D eigenvalue weighted by atomic mass is 16.5. The Hall–Kier alpha value is -1.14. The fourth-order valence-corrected chi connectivity index (χ4v) is 4.62. The molecule has 4 rings (SSSR count). The third-order valence-electron chi connectivity index (χ3n) is 5.94. The summed E-state index contributed by atoms with van der Waals surface area (Å²) in [5, 5.41) is 14.7. The number of aliphatic hydroxyl groups excluding tert-OH is 1. The Kier molecular flexibility index (Phi) is 4.05. The van der Waals surface area contributed by atoms with Crippen molar-refractivity contribution in [3.8, 4) is 0 Å². The predicted octanol–water partition coefficient (Wildman–Crippen LogP) is 1.86. The standard InChI is InChI=1S/C17H28N4O2/c1-11(2)16-18-17(23-19-16)21-9-12-7-14(20-5-3-4-6-20)15(22)8-13(12)10-21/h11-15,22H,3-10H2,1-2H3/t12-,13+,14-,15-/m1/s1. The van der Waals surface area contributed by atoms with Crippen LogP contribution in [0.15, 0.2) is 4.52 Å². The second-order valence-corrected chi connectivity index (χ2v) is 7.86. The zero-order valence-electron chi connectivity index (χ0n) is 14.2. The van der Waals surface area contributed by atoms with Crippen LogP contribution in [0, 0.1) is 11.8 Å². The lowest BCUT2D eigenvalue weighted by molar-refractivity contribution is -0.000854. The van der Waals surface area contributed by atoms with Crippen LogP contribution < -0.4 is 4.90 Å². The van der Waals surface area contributed by atoms with E-state index in [9.17, 15) is 5.11 Å². The molecule has 0 spiro atoms. The minimum Gasteiger partial charge on any atom is -0.391 e. The van der Waals surface area contributed by atoms with E-state index < -0.39 is 0 Å². The molecule has 1 saturated carbocycles. The lowest BCUT2D eigenvalue weighted by Crippen LogP contribution is -2.48. The van der Waals surface area contributed by atoms with Crippen molar-refractivity contribution in [3.63, 3.8) is 0 Å². The molecule has 0 radical (unpaired) electrons. The van der Waals surface area contributed by atoms with Crippen molar-refractivity contribution in [1.29, 1.82) is 0 Å². The summed E-state index contributed by atoms with van der Waals surface area (Å²) in [6.45, 7) is 8.40. The quantitative estimate of drug-likeness (QED) is 0.917. The number of nitrogens with zero attached hydrogens (tertiary/aromatic N) is 4. The van der Waals surface area contributed by atoms with E-state index in [4.69, 9.17) is 4.52 Å². The number of aromatic nitrogens is 2. The molecule has 2 saturated heterocycles. The molecule has 0 bridgehead atoms. The lowest BCUT2D eigenvalue weighted by Gasteiger charge is -2.40. The fourth-order valence-electron chi connectivity index (χ4n) is 4.62. The molecule has 128 valence electrons. The molecule has 2 aliphatic heterocycles. The van der Waals surface area contributed by atoms with Crippen LogP contribution in [0.1, 0.15) is 51.3 Å². The number of aliphatic hydroxyl groups is 1. The van der Waals surface area contributed by atoms with Crippen LogP contribution in [0.2, 0.25) is 0 Å². The minimum absolute atomic E-state index is 0.178. The van der Waals surface area contributed by atoms with Crippen LogP contribution in [0.3, 0.4) is 0 Å². The van der Waals surface area contributed by atoms with Crippen molar-refractivity contribution in [1.82, 2.24) is 15.0 Å². The molecule has 1 N–H and O–H groups in total. The van der Waals surface area contributed by atoms with E-state index in [0.29, 0.717) is 29.8 Å². The Morgan fingerprint density at radius 2 is 1.83 bits per heavy atom. The van der Waals surface area contributed by atoms with Crippen molar-refractivity contribution in [2.24, 2.45) is 11.8 Å². The van der Waals surface area contributed by atoms with Gasteiger partial charge < -0.3 is 14.5 Å². The molecule has 1 aromatic rings. The number of hydrogen-bond acceptors (Lipinski definition) is 6. The predicted molar refractivity (Wildman–Crippen MR) is 87.4 cm³/mol. The van der Waals surface area contributed by atoms with Gasteiger partial charge in [-0.3, -0.25) is 4.90 Å². The first-order chi connectivity index (χ1) is 11.1. The summed E-state index contributed by atoms with van der Waals surface area (Å²) in [6.07, 6.45) is 4.40. The second kappa shape index (κ2) is 6.06. The molecular formula is C17H28N4O2. The third kappa shape index (κ3) is 2.87. The molecule has 1 aromatic heterocycles. The van der Waals surface area contributed by atoms with Gasteiger partial charge in [-0.25, -0.2) is 0 Å². The average molecular weight is 320 g/mol. The maximum Gasteiger partial charge on any atom is 0.324 e. The third-order valence-corrected chi connectivity index (χ3v) is 5.94. The van der Waals surface area contributed by atoms with Crippen LogP contribution in [0.5, 0.6) is 0 Å². The molecule has 0 amide bonds. The normalized spacial score (nSPS) is 35.2. The molecule has 6 nitrogen and oxygen atoms in total. The topological polar surface area (TPSA) is 65.6 Å². The molecule has 3 aliphatic rings. The van der Waals surface area contributed by atoms with Crippen LogP contribution >= 0.6 is 0 Å². The van der Waals surface area contributed by atoms with Gasteiger partial charge in [-0.2, -0.15) is 4.98 Å². The van der Waals surface area contributed by atoms with Crippen molar-refractivity contribution in [2.75, 3.05) is 31.1 Å². The molecular weight excluding hydrogens is 292 g/mol. The second-order valence-electron chi connectivity index (χ2n) is 7.86. The summed E-state index contributed by atoms with van der Waals surface area (Å²) >= 11 is 0. The first kappa shape index (κ1) is 15.4. The number of anilines is 1. The minimum atomic E-state index is -0.178. The zero-order chi connectivity index (χ0) is 16.0. The average Bonchev–Trinajstić information content (AvgIpc) is 3.25. The maximum absolute atomic E-state index is 10.6. The van der Waals surface area contributed by atoms with E-state index in [0.717, 1.165) is 44.8 Å². The highest BCUT2D eigenvalue weighted by molar-refractivity contribution is 5.29. The molecule has 1 aliphatic carbocycles. The van der Waals surface area contributed by atoms with Crippen molar-refractivity contribution in [3.05, 3.63) is 5.82 Å². The van der Waals surface area contributed by atoms with Crippen LogP contribution in [0.25, 0.3) is 0 Å². The van der Waals surface area contributed by atoms with Crippen LogP contribution in [0.4, 0.5) is 6.01 Å². The van der Waals surface area contributed by atoms with Gasteiger partial charge in [0.25, 0.3) is 0 Å². The van der Waals surface area contributed by atoms with Gasteiger partial charge in [-0.1, -0.05) is 19.0 Å². The fraction of sp³-hybridized carbons (Fsp3) is 0.882. The summed E-state index contributed by atoms with van der Waals surface area (Å²) in [4.78, 5) is 9.28. The van der Waals surface area contributed by atoms with Gasteiger partial charge in [-0.05, 0) is 50.6 Å². The maximum atomic E-state index is 10.6. The van der Waals surface area contributed by atoms with E-state index in [1.165, 1.54) is 12.8 Å². The van der Waals surface area contributed by atoms with Crippen LogP contribution in [-0.2, 0) is 0 Å². The molecule has 6 heteroatoms. The molecule has 4 atom stereocenters. The van der Waals surface area contributed by atoms with Gasteiger partial charge in [0.05, 0.1) is 6.10 Å². The van der Waals surface area contributed by atoms with E-state index in [1.54, 1.807) is 0 Å². The Morgan fingerprint density at radius 3 is 2.48 bits per heavy atom. The van der Waals surface area contributed by atoms with Gasteiger partial charge in [-0.15, -0.1) is 0 Å².